The second-order valence-electron chi connectivity index (χ2n) is 4.34. The van der Waals surface area contributed by atoms with Crippen LogP contribution in [0.15, 0.2) is 30.3 Å². The van der Waals surface area contributed by atoms with Crippen molar-refractivity contribution >= 4 is 17.4 Å². The highest BCUT2D eigenvalue weighted by Crippen LogP contribution is 2.11. The number of amides is 1. The van der Waals surface area contributed by atoms with Crippen LogP contribution in [0.3, 0.4) is 0 Å². The minimum absolute atomic E-state index is 0.286. The summed E-state index contributed by atoms with van der Waals surface area (Å²) in [6.07, 6.45) is 2.95. The highest BCUT2D eigenvalue weighted by atomic mass is 16.2. The molecule has 0 saturated carbocycles. The summed E-state index contributed by atoms with van der Waals surface area (Å²) in [6, 6.07) is 10.6. The minimum atomic E-state index is -1.21. The molecule has 1 amide bonds. The smallest absolute Gasteiger partial charge is 0.249 e. The number of rotatable bonds is 7. The number of nitrogens with zero attached hydrogens (tertiary/aromatic N) is 1. The van der Waals surface area contributed by atoms with Gasteiger partial charge in [0, 0.05) is 12.1 Å². The summed E-state index contributed by atoms with van der Waals surface area (Å²) < 4.78 is 0. The Morgan fingerprint density at radius 2 is 1.95 bits per heavy atom. The molecule has 0 radical (unpaired) electrons. The molecular weight excluding hydrogens is 240 g/mol. The average Bonchev–Trinajstić information content (AvgIpc) is 2.41. The second kappa shape index (κ2) is 8.04. The van der Waals surface area contributed by atoms with Crippen molar-refractivity contribution in [2.75, 3.05) is 5.32 Å². The largest absolute Gasteiger partial charge is 0.325 e. The minimum Gasteiger partial charge on any atom is -0.325 e. The standard InChI is InChI=1S/C15H18N2O2/c1-2-3-5-10-14(18)13(11-16)15(19)17-12-8-6-4-7-9-12/h4,6-9,13H,2-3,5,10H2,1H3,(H,17,19)/t13-/m1/s1. The molecule has 0 aliphatic heterocycles. The van der Waals surface area contributed by atoms with Crippen LogP contribution in [0.5, 0.6) is 0 Å². The van der Waals surface area contributed by atoms with Crippen molar-refractivity contribution in [1.29, 1.82) is 5.26 Å². The van der Waals surface area contributed by atoms with E-state index >= 15 is 0 Å². The molecule has 0 saturated heterocycles. The first-order chi connectivity index (χ1) is 9.19. The van der Waals surface area contributed by atoms with Crippen molar-refractivity contribution in [1.82, 2.24) is 0 Å². The van der Waals surface area contributed by atoms with Crippen molar-refractivity contribution in [3.8, 4) is 6.07 Å². The summed E-state index contributed by atoms with van der Waals surface area (Å²) in [4.78, 5) is 23.7. The fraction of sp³-hybridized carbons (Fsp3) is 0.400. The Morgan fingerprint density at radius 1 is 1.26 bits per heavy atom. The Labute approximate surface area is 113 Å². The molecule has 0 bridgehead atoms. The van der Waals surface area contributed by atoms with Crippen LogP contribution >= 0.6 is 0 Å². The van der Waals surface area contributed by atoms with Gasteiger partial charge in [-0.05, 0) is 18.6 Å². The third-order valence-corrected chi connectivity index (χ3v) is 2.78. The fourth-order valence-electron chi connectivity index (χ4n) is 1.71. The number of carbonyl (C=O) groups excluding carboxylic acids is 2. The third-order valence-electron chi connectivity index (χ3n) is 2.78. The summed E-state index contributed by atoms with van der Waals surface area (Å²) in [5.74, 6) is -2.06. The molecule has 0 heterocycles. The van der Waals surface area contributed by atoms with E-state index in [9.17, 15) is 9.59 Å². The lowest BCUT2D eigenvalue weighted by Crippen LogP contribution is -2.28. The normalized spacial score (nSPS) is 11.4. The van der Waals surface area contributed by atoms with Gasteiger partial charge in [-0.1, -0.05) is 38.0 Å². The predicted molar refractivity (Wildman–Crippen MR) is 73.3 cm³/mol. The molecule has 0 unspecified atom stereocenters. The lowest BCUT2D eigenvalue weighted by Gasteiger charge is -2.09. The number of unbranched alkanes of at least 4 members (excludes halogenated alkanes) is 2. The maximum atomic E-state index is 11.9. The van der Waals surface area contributed by atoms with Crippen LogP contribution in [0.2, 0.25) is 0 Å². The van der Waals surface area contributed by atoms with E-state index < -0.39 is 11.8 Å². The van der Waals surface area contributed by atoms with Gasteiger partial charge in [0.15, 0.2) is 11.7 Å². The van der Waals surface area contributed by atoms with Crippen molar-refractivity contribution in [2.45, 2.75) is 32.6 Å². The topological polar surface area (TPSA) is 70.0 Å². The number of benzene rings is 1. The Hall–Kier alpha value is -2.15. The van der Waals surface area contributed by atoms with Gasteiger partial charge < -0.3 is 5.32 Å². The van der Waals surface area contributed by atoms with E-state index in [4.69, 9.17) is 5.26 Å². The van der Waals surface area contributed by atoms with Crippen LogP contribution in [-0.2, 0) is 9.59 Å². The lowest BCUT2D eigenvalue weighted by atomic mass is 9.99. The number of para-hydroxylation sites is 1. The number of nitriles is 1. The van der Waals surface area contributed by atoms with E-state index in [0.29, 0.717) is 5.69 Å². The van der Waals surface area contributed by atoms with Gasteiger partial charge in [0.25, 0.3) is 0 Å². The maximum Gasteiger partial charge on any atom is 0.249 e. The van der Waals surface area contributed by atoms with E-state index in [-0.39, 0.29) is 12.2 Å². The molecular formula is C15H18N2O2. The zero-order chi connectivity index (χ0) is 14.1. The van der Waals surface area contributed by atoms with Gasteiger partial charge in [-0.3, -0.25) is 9.59 Å². The number of anilines is 1. The first-order valence-corrected chi connectivity index (χ1v) is 6.47. The molecule has 0 fully saturated rings. The van der Waals surface area contributed by atoms with Crippen LogP contribution in [0.1, 0.15) is 32.6 Å². The SMILES string of the molecule is CCCCCC(=O)[C@@H](C#N)C(=O)Nc1ccccc1. The van der Waals surface area contributed by atoms with Gasteiger partial charge in [-0.15, -0.1) is 0 Å². The quantitative estimate of drug-likeness (QED) is 0.604. The molecule has 0 aromatic heterocycles. The number of hydrogen-bond donors (Lipinski definition) is 1. The molecule has 4 nitrogen and oxygen atoms in total. The van der Waals surface area contributed by atoms with Crippen molar-refractivity contribution in [2.24, 2.45) is 5.92 Å². The Bertz CT molecular complexity index is 463. The van der Waals surface area contributed by atoms with Crippen LogP contribution in [0, 0.1) is 17.2 Å². The van der Waals surface area contributed by atoms with Crippen molar-refractivity contribution < 1.29 is 9.59 Å². The second-order valence-corrected chi connectivity index (χ2v) is 4.34. The predicted octanol–water partition coefficient (Wildman–Crippen LogP) is 2.91. The van der Waals surface area contributed by atoms with Gasteiger partial charge >= 0.3 is 0 Å². The van der Waals surface area contributed by atoms with E-state index in [1.165, 1.54) is 0 Å². The van der Waals surface area contributed by atoms with Gasteiger partial charge in [-0.2, -0.15) is 5.26 Å². The number of Topliss-reactive ketones (excluding diaryl/α,β-unsaturated/α-hetero) is 1. The zero-order valence-corrected chi connectivity index (χ0v) is 11.1. The Kier molecular flexibility index (Phi) is 6.31. The molecule has 0 aliphatic rings. The highest BCUT2D eigenvalue weighted by Gasteiger charge is 2.25. The van der Waals surface area contributed by atoms with Crippen LogP contribution in [-0.4, -0.2) is 11.7 Å². The summed E-state index contributed by atoms with van der Waals surface area (Å²) in [5.41, 5.74) is 0.592. The molecule has 100 valence electrons. The summed E-state index contributed by atoms with van der Waals surface area (Å²) >= 11 is 0. The zero-order valence-electron chi connectivity index (χ0n) is 11.1. The first-order valence-electron chi connectivity index (χ1n) is 6.47. The first kappa shape index (κ1) is 14.9. The number of nitrogens with one attached hydrogen (secondary N) is 1. The van der Waals surface area contributed by atoms with Crippen LogP contribution < -0.4 is 5.32 Å². The molecule has 1 aromatic carbocycles. The number of hydrogen-bond acceptors (Lipinski definition) is 3. The van der Waals surface area contributed by atoms with Crippen molar-refractivity contribution in [3.63, 3.8) is 0 Å². The lowest BCUT2D eigenvalue weighted by molar-refractivity contribution is -0.128. The Morgan fingerprint density at radius 3 is 2.53 bits per heavy atom. The molecule has 1 atom stereocenters. The van der Waals surface area contributed by atoms with Crippen LogP contribution in [0.25, 0.3) is 0 Å². The van der Waals surface area contributed by atoms with Crippen molar-refractivity contribution in [3.05, 3.63) is 30.3 Å². The highest BCUT2D eigenvalue weighted by molar-refractivity contribution is 6.09. The molecule has 4 heteroatoms. The molecule has 1 N–H and O–H groups in total. The fourth-order valence-corrected chi connectivity index (χ4v) is 1.71. The van der Waals surface area contributed by atoms with Gasteiger partial charge in [0.1, 0.15) is 0 Å². The molecule has 0 aliphatic carbocycles. The van der Waals surface area contributed by atoms with Gasteiger partial charge in [-0.25, -0.2) is 0 Å². The van der Waals surface area contributed by atoms with Gasteiger partial charge in [0.05, 0.1) is 6.07 Å². The summed E-state index contributed by atoms with van der Waals surface area (Å²) in [6.45, 7) is 2.04. The summed E-state index contributed by atoms with van der Waals surface area (Å²) in [7, 11) is 0. The number of carbonyl (C=O) groups is 2. The summed E-state index contributed by atoms with van der Waals surface area (Å²) in [5, 5.41) is 11.6. The third kappa shape index (κ3) is 4.92. The van der Waals surface area contributed by atoms with E-state index in [1.54, 1.807) is 30.3 Å². The maximum absolute atomic E-state index is 11.9. The molecule has 0 spiro atoms. The average molecular weight is 258 g/mol. The number of ketones is 1. The monoisotopic (exact) mass is 258 g/mol. The van der Waals surface area contributed by atoms with Crippen LogP contribution in [0.4, 0.5) is 5.69 Å². The molecule has 19 heavy (non-hydrogen) atoms. The van der Waals surface area contributed by atoms with E-state index in [0.717, 1.165) is 19.3 Å². The van der Waals surface area contributed by atoms with Gasteiger partial charge in [0.2, 0.25) is 5.91 Å². The van der Waals surface area contributed by atoms with E-state index in [2.05, 4.69) is 5.32 Å². The molecule has 1 aromatic rings. The van der Waals surface area contributed by atoms with E-state index in [1.807, 2.05) is 13.0 Å². The Balaban J connectivity index is 2.57. The molecule has 1 rings (SSSR count).